The average Bonchev–Trinajstić information content (AvgIpc) is 2.24. The third-order valence-corrected chi connectivity index (χ3v) is 2.82. The Morgan fingerprint density at radius 3 is 2.67 bits per heavy atom. The lowest BCUT2D eigenvalue weighted by Crippen LogP contribution is -2.00. The zero-order valence-corrected chi connectivity index (χ0v) is 11.4. The molecule has 0 aliphatic heterocycles. The molecule has 0 aliphatic carbocycles. The van der Waals surface area contributed by atoms with Gasteiger partial charge in [0, 0.05) is 10.3 Å². The second-order valence-corrected chi connectivity index (χ2v) is 5.84. The molecule has 2 nitrogen and oxygen atoms in total. The Hall–Kier alpha value is -1.47. The van der Waals surface area contributed by atoms with Gasteiger partial charge in [-0.25, -0.2) is 9.18 Å². The van der Waals surface area contributed by atoms with Gasteiger partial charge in [0.2, 0.25) is 0 Å². The van der Waals surface area contributed by atoms with Crippen molar-refractivity contribution < 1.29 is 14.3 Å². The van der Waals surface area contributed by atoms with Crippen molar-refractivity contribution in [2.45, 2.75) is 25.7 Å². The first-order valence-corrected chi connectivity index (χ1v) is 6.44. The van der Waals surface area contributed by atoms with Crippen molar-refractivity contribution in [3.05, 3.63) is 29.6 Å². The monoisotopic (exact) mass is 266 g/mol. The number of thioether (sulfide) groups is 1. The van der Waals surface area contributed by atoms with E-state index in [4.69, 9.17) is 5.11 Å². The molecule has 0 radical (unpaired) electrons. The minimum Gasteiger partial charge on any atom is -0.478 e. The molecule has 4 heteroatoms. The van der Waals surface area contributed by atoms with E-state index in [0.29, 0.717) is 10.6 Å². The Kier molecular flexibility index (Phi) is 4.80. The van der Waals surface area contributed by atoms with E-state index in [1.165, 1.54) is 23.9 Å². The lowest BCUT2D eigenvalue weighted by atomic mass is 9.98. The Morgan fingerprint density at radius 1 is 1.44 bits per heavy atom. The summed E-state index contributed by atoms with van der Waals surface area (Å²) in [6, 6.07) is 4.06. The number of hydrogen-bond donors (Lipinski definition) is 1. The number of halogens is 1. The van der Waals surface area contributed by atoms with Gasteiger partial charge >= 0.3 is 5.97 Å². The fraction of sp³-hybridized carbons (Fsp3) is 0.357. The number of carbonyl (C=O) groups is 1. The van der Waals surface area contributed by atoms with Crippen LogP contribution in [0.2, 0.25) is 0 Å². The SMILES string of the molecule is CC(C)(C)C#CCSc1ccc(F)c(C(=O)O)c1. The fourth-order valence-corrected chi connectivity index (χ4v) is 1.86. The van der Waals surface area contributed by atoms with Crippen LogP contribution in [-0.4, -0.2) is 16.8 Å². The van der Waals surface area contributed by atoms with Gasteiger partial charge in [0.05, 0.1) is 11.3 Å². The van der Waals surface area contributed by atoms with Crippen LogP contribution in [0.25, 0.3) is 0 Å². The summed E-state index contributed by atoms with van der Waals surface area (Å²) in [5.74, 6) is 4.68. The highest BCUT2D eigenvalue weighted by molar-refractivity contribution is 7.99. The molecule has 1 aromatic carbocycles. The van der Waals surface area contributed by atoms with Crippen LogP contribution in [0.3, 0.4) is 0 Å². The summed E-state index contributed by atoms with van der Waals surface area (Å²) in [6.07, 6.45) is 0. The number of rotatable bonds is 3. The zero-order chi connectivity index (χ0) is 13.8. The van der Waals surface area contributed by atoms with Crippen molar-refractivity contribution >= 4 is 17.7 Å². The fourth-order valence-electron chi connectivity index (χ4n) is 1.18. The molecule has 0 unspecified atom stereocenters. The minimum absolute atomic E-state index is 0.0461. The standard InChI is InChI=1S/C14H15FO2S/c1-14(2,3)7-4-8-18-10-5-6-12(15)11(9-10)13(16)17/h5-6,9H,8H2,1-3H3,(H,16,17). The van der Waals surface area contributed by atoms with Crippen molar-refractivity contribution in [3.8, 4) is 11.8 Å². The molecule has 0 spiro atoms. The topological polar surface area (TPSA) is 37.3 Å². The molecule has 0 saturated carbocycles. The summed E-state index contributed by atoms with van der Waals surface area (Å²) in [5, 5.41) is 8.79. The first-order valence-electron chi connectivity index (χ1n) is 5.45. The van der Waals surface area contributed by atoms with Gasteiger partial charge in [0.15, 0.2) is 0 Å². The number of aromatic carboxylic acids is 1. The summed E-state index contributed by atoms with van der Waals surface area (Å²) in [6.45, 7) is 6.06. The smallest absolute Gasteiger partial charge is 0.338 e. The van der Waals surface area contributed by atoms with E-state index in [9.17, 15) is 9.18 Å². The maximum atomic E-state index is 13.1. The number of benzene rings is 1. The zero-order valence-electron chi connectivity index (χ0n) is 10.6. The molecule has 1 rings (SSSR count). The van der Waals surface area contributed by atoms with E-state index in [0.717, 1.165) is 0 Å². The summed E-state index contributed by atoms with van der Waals surface area (Å²) in [5.41, 5.74) is -0.348. The molecular formula is C14H15FO2S. The number of carboxylic acid groups (broad SMARTS) is 1. The van der Waals surface area contributed by atoms with Crippen LogP contribution in [-0.2, 0) is 0 Å². The molecule has 18 heavy (non-hydrogen) atoms. The van der Waals surface area contributed by atoms with Gasteiger partial charge in [-0.05, 0) is 39.0 Å². The molecular weight excluding hydrogens is 251 g/mol. The highest BCUT2D eigenvalue weighted by Gasteiger charge is 2.10. The van der Waals surface area contributed by atoms with Gasteiger partial charge in [-0.1, -0.05) is 11.8 Å². The van der Waals surface area contributed by atoms with E-state index >= 15 is 0 Å². The maximum absolute atomic E-state index is 13.1. The predicted molar refractivity (Wildman–Crippen MR) is 71.3 cm³/mol. The van der Waals surface area contributed by atoms with Crippen molar-refractivity contribution in [1.29, 1.82) is 0 Å². The lowest BCUT2D eigenvalue weighted by Gasteiger charge is -2.06. The number of carboxylic acids is 1. The Bertz CT molecular complexity index is 507. The van der Waals surface area contributed by atoms with Crippen molar-refractivity contribution in [2.24, 2.45) is 5.41 Å². The summed E-state index contributed by atoms with van der Waals surface area (Å²) in [4.78, 5) is 11.5. The predicted octanol–water partition coefficient (Wildman–Crippen LogP) is 3.67. The van der Waals surface area contributed by atoms with Gasteiger partial charge in [0.25, 0.3) is 0 Å². The first-order chi connectivity index (χ1) is 8.29. The molecule has 1 N–H and O–H groups in total. The van der Waals surface area contributed by atoms with Gasteiger partial charge in [-0.3, -0.25) is 0 Å². The van der Waals surface area contributed by atoms with E-state index in [-0.39, 0.29) is 11.0 Å². The Morgan fingerprint density at radius 2 is 2.11 bits per heavy atom. The average molecular weight is 266 g/mol. The summed E-state index contributed by atoms with van der Waals surface area (Å²) >= 11 is 1.40. The van der Waals surface area contributed by atoms with Crippen LogP contribution in [0.5, 0.6) is 0 Å². The van der Waals surface area contributed by atoms with Crippen LogP contribution in [0, 0.1) is 23.1 Å². The van der Waals surface area contributed by atoms with Gasteiger partial charge in [-0.15, -0.1) is 11.8 Å². The van der Waals surface area contributed by atoms with Gasteiger partial charge in [0.1, 0.15) is 5.82 Å². The van der Waals surface area contributed by atoms with Crippen LogP contribution < -0.4 is 0 Å². The van der Waals surface area contributed by atoms with Crippen LogP contribution in [0.1, 0.15) is 31.1 Å². The third kappa shape index (κ3) is 4.80. The molecule has 0 fully saturated rings. The second kappa shape index (κ2) is 5.92. The molecule has 0 amide bonds. The van der Waals surface area contributed by atoms with Crippen LogP contribution >= 0.6 is 11.8 Å². The molecule has 1 aromatic rings. The molecule has 0 bridgehead atoms. The highest BCUT2D eigenvalue weighted by Crippen LogP contribution is 2.21. The molecule has 0 aliphatic rings. The second-order valence-electron chi connectivity index (χ2n) is 4.79. The van der Waals surface area contributed by atoms with Crippen molar-refractivity contribution in [2.75, 3.05) is 5.75 Å². The van der Waals surface area contributed by atoms with Gasteiger partial charge < -0.3 is 5.11 Å². The minimum atomic E-state index is -1.25. The molecule has 0 heterocycles. The lowest BCUT2D eigenvalue weighted by molar-refractivity contribution is 0.0691. The third-order valence-electron chi connectivity index (χ3n) is 1.94. The van der Waals surface area contributed by atoms with Crippen LogP contribution in [0.15, 0.2) is 23.1 Å². The van der Waals surface area contributed by atoms with Gasteiger partial charge in [-0.2, -0.15) is 0 Å². The Balaban J connectivity index is 2.71. The normalized spacial score (nSPS) is 10.7. The van der Waals surface area contributed by atoms with Crippen molar-refractivity contribution in [3.63, 3.8) is 0 Å². The largest absolute Gasteiger partial charge is 0.478 e. The summed E-state index contributed by atoms with van der Waals surface area (Å²) in [7, 11) is 0. The maximum Gasteiger partial charge on any atom is 0.338 e. The summed E-state index contributed by atoms with van der Waals surface area (Å²) < 4.78 is 13.1. The molecule has 96 valence electrons. The van der Waals surface area contributed by atoms with Crippen LogP contribution in [0.4, 0.5) is 4.39 Å². The Labute approximate surface area is 111 Å². The number of hydrogen-bond acceptors (Lipinski definition) is 2. The highest BCUT2D eigenvalue weighted by atomic mass is 32.2. The van der Waals surface area contributed by atoms with E-state index in [2.05, 4.69) is 11.8 Å². The van der Waals surface area contributed by atoms with E-state index in [1.807, 2.05) is 20.8 Å². The molecule has 0 atom stereocenters. The molecule has 0 aromatic heterocycles. The first kappa shape index (κ1) is 14.6. The van der Waals surface area contributed by atoms with Crippen molar-refractivity contribution in [1.82, 2.24) is 0 Å². The molecule has 0 saturated heterocycles. The van der Waals surface area contributed by atoms with E-state index < -0.39 is 11.8 Å². The quantitative estimate of drug-likeness (QED) is 0.670. The van der Waals surface area contributed by atoms with E-state index in [1.54, 1.807) is 6.07 Å².